The highest BCUT2D eigenvalue weighted by molar-refractivity contribution is 7.93. The third-order valence-electron chi connectivity index (χ3n) is 3.08. The summed E-state index contributed by atoms with van der Waals surface area (Å²) in [5.41, 5.74) is 1.38. The maximum atomic E-state index is 12.5. The third kappa shape index (κ3) is 1.58. The number of hydrogen-bond donors (Lipinski definition) is 1. The third-order valence-corrected chi connectivity index (χ3v) is 5.95. The minimum absolute atomic E-state index is 0.170. The minimum atomic E-state index is -3.62. The van der Waals surface area contributed by atoms with Crippen molar-refractivity contribution in [3.63, 3.8) is 0 Å². The highest BCUT2D eigenvalue weighted by Crippen LogP contribution is 2.36. The summed E-state index contributed by atoms with van der Waals surface area (Å²) in [4.78, 5) is 0.628. The van der Waals surface area contributed by atoms with E-state index in [0.29, 0.717) is 16.1 Å². The van der Waals surface area contributed by atoms with E-state index in [1.807, 2.05) is 0 Å². The summed E-state index contributed by atoms with van der Waals surface area (Å²) in [5, 5.41) is 14.2. The number of hydrogen-bond acceptors (Lipinski definition) is 5. The molecule has 0 unspecified atom stereocenters. The van der Waals surface area contributed by atoms with E-state index in [1.165, 1.54) is 28.8 Å². The Kier molecular flexibility index (Phi) is 2.61. The van der Waals surface area contributed by atoms with Crippen LogP contribution in [0.5, 0.6) is 0 Å². The number of fused-ring (bicyclic) bond motifs is 2. The zero-order valence-electron chi connectivity index (χ0n) is 9.94. The van der Waals surface area contributed by atoms with Crippen LogP contribution < -0.4 is 4.31 Å². The fraction of sp³-hybridized carbons (Fsp3) is 0.0833. The van der Waals surface area contributed by atoms with Crippen molar-refractivity contribution in [2.75, 3.05) is 11.4 Å². The smallest absolute Gasteiger partial charge is 0.265 e. The molecule has 2 heterocycles. The van der Waals surface area contributed by atoms with E-state index in [0.717, 1.165) is 0 Å². The van der Waals surface area contributed by atoms with Crippen LogP contribution in [0, 0.1) is 0 Å². The maximum Gasteiger partial charge on any atom is 0.265 e. The van der Waals surface area contributed by atoms with Crippen molar-refractivity contribution in [3.8, 4) is 0 Å². The van der Waals surface area contributed by atoms with Crippen molar-refractivity contribution in [2.24, 2.45) is 5.16 Å². The highest BCUT2D eigenvalue weighted by atomic mass is 32.2. The Morgan fingerprint density at radius 2 is 2.00 bits per heavy atom. The first-order valence-electron chi connectivity index (χ1n) is 5.45. The summed E-state index contributed by atoms with van der Waals surface area (Å²) < 4.78 is 26.2. The number of benzene rings is 1. The van der Waals surface area contributed by atoms with Gasteiger partial charge in [-0.25, -0.2) is 8.42 Å². The first kappa shape index (κ1) is 12.2. The molecule has 0 aliphatic carbocycles. The molecule has 0 atom stereocenters. The molecule has 2 aromatic rings. The van der Waals surface area contributed by atoms with Crippen molar-refractivity contribution in [2.45, 2.75) is 4.90 Å². The van der Waals surface area contributed by atoms with Gasteiger partial charge in [0.15, 0.2) is 0 Å². The molecule has 19 heavy (non-hydrogen) atoms. The summed E-state index contributed by atoms with van der Waals surface area (Å²) in [7, 11) is -2.12. The first-order chi connectivity index (χ1) is 9.07. The topological polar surface area (TPSA) is 70.0 Å². The Hall–Kier alpha value is -1.86. The second-order valence-corrected chi connectivity index (χ2v) is 6.91. The number of oxime groups is 1. The number of anilines is 1. The summed E-state index contributed by atoms with van der Waals surface area (Å²) in [5.74, 6) is 0. The lowest BCUT2D eigenvalue weighted by molar-refractivity contribution is 0.319. The Balaban J connectivity index is 2.46. The van der Waals surface area contributed by atoms with Gasteiger partial charge in [-0.15, -0.1) is 11.3 Å². The average molecular weight is 294 g/mol. The van der Waals surface area contributed by atoms with Gasteiger partial charge < -0.3 is 5.21 Å². The molecule has 0 spiro atoms. The zero-order valence-corrected chi connectivity index (χ0v) is 11.6. The molecule has 0 saturated carbocycles. The van der Waals surface area contributed by atoms with Gasteiger partial charge in [-0.3, -0.25) is 4.31 Å². The quantitative estimate of drug-likeness (QED) is 0.597. The van der Waals surface area contributed by atoms with Crippen LogP contribution in [0.3, 0.4) is 0 Å². The van der Waals surface area contributed by atoms with Crippen molar-refractivity contribution in [1.29, 1.82) is 0 Å². The number of rotatable bonds is 0. The number of nitrogens with zero attached hydrogens (tertiary/aromatic N) is 2. The average Bonchev–Trinajstić information content (AvgIpc) is 2.87. The van der Waals surface area contributed by atoms with Crippen LogP contribution in [0.4, 0.5) is 5.69 Å². The summed E-state index contributed by atoms with van der Waals surface area (Å²) in [6.45, 7) is 0. The Labute approximate surface area is 114 Å². The molecular formula is C12H10N2O3S2. The Morgan fingerprint density at radius 3 is 2.74 bits per heavy atom. The number of sulfonamides is 1. The lowest BCUT2D eigenvalue weighted by Gasteiger charge is -2.18. The standard InChI is InChI=1S/C12H10N2O3S2/c1-14-9-5-3-2-4-8(9)11(13-15)12-10(6-7-18-12)19(14,16)17/h2-7,15H,1H3. The highest BCUT2D eigenvalue weighted by Gasteiger charge is 2.34. The predicted octanol–water partition coefficient (Wildman–Crippen LogP) is 2.11. The van der Waals surface area contributed by atoms with E-state index in [9.17, 15) is 13.6 Å². The van der Waals surface area contributed by atoms with E-state index < -0.39 is 10.0 Å². The largest absolute Gasteiger partial charge is 0.410 e. The van der Waals surface area contributed by atoms with Gasteiger partial charge in [-0.2, -0.15) is 0 Å². The molecule has 0 saturated heterocycles. The maximum absolute atomic E-state index is 12.5. The van der Waals surface area contributed by atoms with Gasteiger partial charge in [-0.05, 0) is 17.5 Å². The fourth-order valence-electron chi connectivity index (χ4n) is 2.12. The van der Waals surface area contributed by atoms with Crippen molar-refractivity contribution in [1.82, 2.24) is 0 Å². The van der Waals surface area contributed by atoms with Gasteiger partial charge in [0.1, 0.15) is 10.6 Å². The Bertz CT molecular complexity index is 778. The monoisotopic (exact) mass is 294 g/mol. The molecule has 7 heteroatoms. The molecule has 1 aromatic carbocycles. The molecule has 0 radical (unpaired) electrons. The van der Waals surface area contributed by atoms with Gasteiger partial charge in [0, 0.05) is 12.6 Å². The molecule has 1 N–H and O–H groups in total. The molecule has 1 aliphatic heterocycles. The molecular weight excluding hydrogens is 284 g/mol. The van der Waals surface area contributed by atoms with Crippen LogP contribution >= 0.6 is 11.3 Å². The molecule has 98 valence electrons. The summed E-state index contributed by atoms with van der Waals surface area (Å²) in [6.07, 6.45) is 0. The van der Waals surface area contributed by atoms with E-state index >= 15 is 0 Å². The molecule has 1 aromatic heterocycles. The predicted molar refractivity (Wildman–Crippen MR) is 73.8 cm³/mol. The van der Waals surface area contributed by atoms with Gasteiger partial charge in [-0.1, -0.05) is 23.4 Å². The summed E-state index contributed by atoms with van der Waals surface area (Å²) >= 11 is 1.24. The van der Waals surface area contributed by atoms with Crippen molar-refractivity contribution in [3.05, 3.63) is 46.2 Å². The minimum Gasteiger partial charge on any atom is -0.410 e. The van der Waals surface area contributed by atoms with Crippen LogP contribution in [0.2, 0.25) is 0 Å². The van der Waals surface area contributed by atoms with Gasteiger partial charge in [0.05, 0.1) is 10.6 Å². The van der Waals surface area contributed by atoms with E-state index in [1.54, 1.807) is 29.6 Å². The van der Waals surface area contributed by atoms with Crippen molar-refractivity contribution < 1.29 is 13.6 Å². The van der Waals surface area contributed by atoms with Crippen LogP contribution in [0.1, 0.15) is 10.4 Å². The molecule has 5 nitrogen and oxygen atoms in total. The summed E-state index contributed by atoms with van der Waals surface area (Å²) in [6, 6.07) is 8.49. The van der Waals surface area contributed by atoms with Crippen LogP contribution in [0.25, 0.3) is 0 Å². The number of para-hydroxylation sites is 1. The molecule has 0 bridgehead atoms. The zero-order chi connectivity index (χ0) is 13.6. The fourth-order valence-corrected chi connectivity index (χ4v) is 4.74. The van der Waals surface area contributed by atoms with E-state index in [4.69, 9.17) is 0 Å². The molecule has 3 rings (SSSR count). The van der Waals surface area contributed by atoms with Gasteiger partial charge >= 0.3 is 0 Å². The van der Waals surface area contributed by atoms with Gasteiger partial charge in [0.2, 0.25) is 0 Å². The number of thiophene rings is 1. The SMILES string of the molecule is CN1c2ccccc2C(=NO)c2sccc2S1(=O)=O. The van der Waals surface area contributed by atoms with Crippen LogP contribution in [0.15, 0.2) is 45.8 Å². The van der Waals surface area contributed by atoms with Crippen LogP contribution in [-0.4, -0.2) is 26.4 Å². The molecule has 0 amide bonds. The Morgan fingerprint density at radius 1 is 1.26 bits per heavy atom. The normalized spacial score (nSPS) is 18.8. The van der Waals surface area contributed by atoms with Crippen molar-refractivity contribution >= 4 is 32.8 Å². The van der Waals surface area contributed by atoms with E-state index in [-0.39, 0.29) is 10.6 Å². The van der Waals surface area contributed by atoms with E-state index in [2.05, 4.69) is 5.16 Å². The lowest BCUT2D eigenvalue weighted by atomic mass is 10.1. The van der Waals surface area contributed by atoms with Crippen LogP contribution in [-0.2, 0) is 10.0 Å². The van der Waals surface area contributed by atoms with Gasteiger partial charge in [0.25, 0.3) is 10.0 Å². The second-order valence-electron chi connectivity index (χ2n) is 4.05. The lowest BCUT2D eigenvalue weighted by Crippen LogP contribution is -2.26. The first-order valence-corrected chi connectivity index (χ1v) is 7.77. The molecule has 1 aliphatic rings. The molecule has 0 fully saturated rings. The second kappa shape index (κ2) is 4.07.